The Bertz CT molecular complexity index is 1300. The maximum absolute atomic E-state index is 12.4. The van der Waals surface area contributed by atoms with Crippen LogP contribution in [0.25, 0.3) is 21.1 Å². The van der Waals surface area contributed by atoms with Crippen LogP contribution < -0.4 is 15.2 Å². The summed E-state index contributed by atoms with van der Waals surface area (Å²) in [5.74, 6) is -0.447. The number of aromatic carboxylic acids is 1. The molecule has 1 aliphatic rings. The molecule has 3 aromatic heterocycles. The maximum Gasteiger partial charge on any atom is 0.341 e. The molecule has 1 saturated heterocycles. The van der Waals surface area contributed by atoms with E-state index in [1.807, 2.05) is 24.3 Å². The SMILES string of the molecule is Cn1cc(C(=O)O)c(=O)c2cnc(N3CCN(c4nc5ccccc5s4)CC3)cc21. The third-order valence-electron chi connectivity index (χ3n) is 5.45. The van der Waals surface area contributed by atoms with Crippen molar-refractivity contribution in [2.75, 3.05) is 36.0 Å². The van der Waals surface area contributed by atoms with Crippen molar-refractivity contribution in [2.45, 2.75) is 0 Å². The van der Waals surface area contributed by atoms with E-state index in [1.54, 1.807) is 23.0 Å². The number of thiazole rings is 1. The molecule has 8 nitrogen and oxygen atoms in total. The number of anilines is 2. The fourth-order valence-corrected chi connectivity index (χ4v) is 4.83. The number of para-hydroxylation sites is 1. The Balaban J connectivity index is 1.39. The Hall–Kier alpha value is -3.46. The zero-order chi connectivity index (χ0) is 20.8. The third-order valence-corrected chi connectivity index (χ3v) is 6.54. The van der Waals surface area contributed by atoms with Crippen molar-refractivity contribution in [3.63, 3.8) is 0 Å². The number of nitrogens with zero attached hydrogens (tertiary/aromatic N) is 5. The Morgan fingerprint density at radius 3 is 2.60 bits per heavy atom. The zero-order valence-corrected chi connectivity index (χ0v) is 17.1. The average molecular weight is 421 g/mol. The summed E-state index contributed by atoms with van der Waals surface area (Å²) in [6.45, 7) is 3.23. The van der Waals surface area contributed by atoms with Gasteiger partial charge in [0.1, 0.15) is 11.4 Å². The number of fused-ring (bicyclic) bond motifs is 2. The number of rotatable bonds is 3. The van der Waals surface area contributed by atoms with E-state index < -0.39 is 11.4 Å². The minimum absolute atomic E-state index is 0.246. The number of hydrogen-bond acceptors (Lipinski definition) is 7. The second-order valence-corrected chi connectivity index (χ2v) is 8.29. The predicted molar refractivity (Wildman–Crippen MR) is 118 cm³/mol. The van der Waals surface area contributed by atoms with Gasteiger partial charge in [-0.15, -0.1) is 0 Å². The molecule has 1 fully saturated rings. The highest BCUT2D eigenvalue weighted by atomic mass is 32.1. The van der Waals surface area contributed by atoms with Crippen molar-refractivity contribution in [1.29, 1.82) is 0 Å². The first-order chi connectivity index (χ1) is 14.5. The number of aryl methyl sites for hydroxylation is 1. The number of hydrogen-bond donors (Lipinski definition) is 1. The molecule has 0 amide bonds. The summed E-state index contributed by atoms with van der Waals surface area (Å²) in [5.41, 5.74) is 0.945. The summed E-state index contributed by atoms with van der Waals surface area (Å²) in [7, 11) is 1.74. The average Bonchev–Trinajstić information content (AvgIpc) is 3.20. The molecule has 0 spiro atoms. The van der Waals surface area contributed by atoms with Gasteiger partial charge in [-0.05, 0) is 12.1 Å². The molecule has 1 N–H and O–H groups in total. The highest BCUT2D eigenvalue weighted by Gasteiger charge is 2.22. The van der Waals surface area contributed by atoms with Crippen LogP contribution in [0, 0.1) is 0 Å². The largest absolute Gasteiger partial charge is 0.477 e. The summed E-state index contributed by atoms with van der Waals surface area (Å²) >= 11 is 1.70. The molecule has 5 rings (SSSR count). The first-order valence-electron chi connectivity index (χ1n) is 9.59. The second-order valence-electron chi connectivity index (χ2n) is 7.29. The van der Waals surface area contributed by atoms with Crippen LogP contribution in [0.2, 0.25) is 0 Å². The smallest absolute Gasteiger partial charge is 0.341 e. The predicted octanol–water partition coefficient (Wildman–Crippen LogP) is 2.57. The topological polar surface area (TPSA) is 91.6 Å². The Morgan fingerprint density at radius 2 is 1.87 bits per heavy atom. The molecule has 152 valence electrons. The standard InChI is InChI=1S/C21H19N5O3S/c1-24-12-14(20(28)29)19(27)13-11-22-18(10-16(13)24)25-6-8-26(9-7-25)21-23-15-4-2-3-5-17(15)30-21/h2-5,10-12H,6-9H2,1H3,(H,28,29). The van der Waals surface area contributed by atoms with Gasteiger partial charge in [0.25, 0.3) is 0 Å². The zero-order valence-electron chi connectivity index (χ0n) is 16.3. The highest BCUT2D eigenvalue weighted by molar-refractivity contribution is 7.22. The van der Waals surface area contributed by atoms with Gasteiger partial charge in [-0.2, -0.15) is 0 Å². The summed E-state index contributed by atoms with van der Waals surface area (Å²) in [6.07, 6.45) is 2.85. The molecular formula is C21H19N5O3S. The van der Waals surface area contributed by atoms with E-state index in [9.17, 15) is 14.7 Å². The van der Waals surface area contributed by atoms with Crippen LogP contribution >= 0.6 is 11.3 Å². The summed E-state index contributed by atoms with van der Waals surface area (Å²) in [6, 6.07) is 10.0. The minimum Gasteiger partial charge on any atom is -0.477 e. The van der Waals surface area contributed by atoms with E-state index in [0.29, 0.717) is 10.9 Å². The number of carboxylic acid groups (broad SMARTS) is 1. The van der Waals surface area contributed by atoms with Crippen molar-refractivity contribution in [3.8, 4) is 0 Å². The quantitative estimate of drug-likeness (QED) is 0.544. The molecule has 1 aromatic carbocycles. The van der Waals surface area contributed by atoms with Crippen LogP contribution in [-0.2, 0) is 7.05 Å². The first-order valence-corrected chi connectivity index (χ1v) is 10.4. The van der Waals surface area contributed by atoms with Crippen LogP contribution in [0.5, 0.6) is 0 Å². The van der Waals surface area contributed by atoms with E-state index >= 15 is 0 Å². The lowest BCUT2D eigenvalue weighted by Crippen LogP contribution is -2.46. The van der Waals surface area contributed by atoms with Gasteiger partial charge < -0.3 is 19.5 Å². The Labute approximate surface area is 175 Å². The molecule has 30 heavy (non-hydrogen) atoms. The number of carbonyl (C=O) groups is 1. The van der Waals surface area contributed by atoms with E-state index in [1.165, 1.54) is 17.1 Å². The maximum atomic E-state index is 12.4. The van der Waals surface area contributed by atoms with Gasteiger partial charge >= 0.3 is 5.97 Å². The number of pyridine rings is 2. The van der Waals surface area contributed by atoms with Crippen molar-refractivity contribution in [1.82, 2.24) is 14.5 Å². The Kier molecular flexibility index (Phi) is 4.39. The normalized spacial score (nSPS) is 14.6. The van der Waals surface area contributed by atoms with Gasteiger partial charge in [-0.25, -0.2) is 14.8 Å². The number of benzene rings is 1. The van der Waals surface area contributed by atoms with Crippen molar-refractivity contribution in [3.05, 3.63) is 58.5 Å². The molecular weight excluding hydrogens is 402 g/mol. The van der Waals surface area contributed by atoms with Crippen molar-refractivity contribution >= 4 is 49.4 Å². The number of piperazine rings is 1. The van der Waals surface area contributed by atoms with Crippen LogP contribution in [0.3, 0.4) is 0 Å². The highest BCUT2D eigenvalue weighted by Crippen LogP contribution is 2.29. The van der Waals surface area contributed by atoms with Gasteiger partial charge in [0.15, 0.2) is 5.13 Å². The molecule has 1 aliphatic heterocycles. The van der Waals surface area contributed by atoms with E-state index in [2.05, 4.69) is 20.9 Å². The van der Waals surface area contributed by atoms with Gasteiger partial charge in [0.2, 0.25) is 5.43 Å². The van der Waals surface area contributed by atoms with Gasteiger partial charge in [-0.3, -0.25) is 4.79 Å². The molecule has 4 heterocycles. The van der Waals surface area contributed by atoms with Gasteiger partial charge in [0.05, 0.1) is 21.1 Å². The van der Waals surface area contributed by atoms with E-state index in [0.717, 1.165) is 42.6 Å². The lowest BCUT2D eigenvalue weighted by Gasteiger charge is -2.35. The lowest BCUT2D eigenvalue weighted by atomic mass is 10.1. The van der Waals surface area contributed by atoms with Crippen molar-refractivity contribution in [2.24, 2.45) is 7.05 Å². The molecule has 0 atom stereocenters. The van der Waals surface area contributed by atoms with E-state index in [4.69, 9.17) is 4.98 Å². The Morgan fingerprint density at radius 1 is 1.13 bits per heavy atom. The molecule has 9 heteroatoms. The van der Waals surface area contributed by atoms with Gasteiger partial charge in [0, 0.05) is 51.7 Å². The lowest BCUT2D eigenvalue weighted by molar-refractivity contribution is 0.0695. The minimum atomic E-state index is -1.23. The second kappa shape index (κ2) is 7.10. The van der Waals surface area contributed by atoms with Crippen LogP contribution in [0.15, 0.2) is 47.5 Å². The fraction of sp³-hybridized carbons (Fsp3) is 0.238. The van der Waals surface area contributed by atoms with Crippen LogP contribution in [0.1, 0.15) is 10.4 Å². The van der Waals surface area contributed by atoms with E-state index in [-0.39, 0.29) is 5.56 Å². The number of aromatic nitrogens is 3. The third kappa shape index (κ3) is 3.07. The van der Waals surface area contributed by atoms with Crippen LogP contribution in [-0.4, -0.2) is 51.8 Å². The summed E-state index contributed by atoms with van der Waals surface area (Å²) < 4.78 is 2.86. The summed E-state index contributed by atoms with van der Waals surface area (Å²) in [4.78, 5) is 37.4. The molecule has 0 radical (unpaired) electrons. The molecule has 0 aliphatic carbocycles. The molecule has 0 bridgehead atoms. The fourth-order valence-electron chi connectivity index (χ4n) is 3.82. The van der Waals surface area contributed by atoms with Crippen LogP contribution in [0.4, 0.5) is 10.9 Å². The first kappa shape index (κ1) is 18.6. The number of carboxylic acids is 1. The molecule has 4 aromatic rings. The monoisotopic (exact) mass is 421 g/mol. The molecule has 0 unspecified atom stereocenters. The summed E-state index contributed by atoms with van der Waals surface area (Å²) in [5, 5.41) is 10.6. The molecule has 0 saturated carbocycles. The van der Waals surface area contributed by atoms with Gasteiger partial charge in [-0.1, -0.05) is 23.5 Å². The van der Waals surface area contributed by atoms with Crippen molar-refractivity contribution < 1.29 is 9.90 Å².